The second-order valence-corrected chi connectivity index (χ2v) is 42.9. The van der Waals surface area contributed by atoms with Gasteiger partial charge in [-0.3, -0.25) is 0 Å². The fourth-order valence-corrected chi connectivity index (χ4v) is 21.8. The van der Waals surface area contributed by atoms with Crippen LogP contribution in [0.4, 0.5) is 0 Å². The van der Waals surface area contributed by atoms with Gasteiger partial charge in [0, 0.05) is 101 Å². The van der Waals surface area contributed by atoms with Crippen molar-refractivity contribution in [2.24, 2.45) is 28.6 Å². The summed E-state index contributed by atoms with van der Waals surface area (Å²) in [5, 5.41) is 15.2. The molecule has 30 heteroatoms. The maximum atomic E-state index is 7.61. The van der Waals surface area contributed by atoms with Crippen LogP contribution in [-0.4, -0.2) is 250 Å². The molecule has 19 nitrogen and oxygen atoms in total. The second-order valence-electron chi connectivity index (χ2n) is 41.9. The van der Waals surface area contributed by atoms with Gasteiger partial charge in [0.1, 0.15) is 13.4 Å². The third kappa shape index (κ3) is 44.7. The van der Waals surface area contributed by atoms with Gasteiger partial charge in [0.15, 0.2) is 0 Å². The largest absolute Gasteiger partial charge is 0.454 e. The molecule has 0 aromatic carbocycles. The van der Waals surface area contributed by atoms with Gasteiger partial charge in [0.05, 0.1) is 33.6 Å². The first-order valence-corrected chi connectivity index (χ1v) is 48.6. The molecular formula is C87H183B10N3O16S. The molecular weight excluding hydrogens is 1480 g/mol. The Kier molecular flexibility index (Phi) is 51.3. The minimum atomic E-state index is -1.17. The first kappa shape index (κ1) is 111. The minimum absolute atomic E-state index is 0.00574. The highest BCUT2D eigenvalue weighted by Gasteiger charge is 2.65. The molecule has 4 atom stereocenters. The topological polar surface area (TPSA) is 179 Å². The number of piperidine rings is 2. The van der Waals surface area contributed by atoms with Crippen molar-refractivity contribution in [3.8, 4) is 0 Å². The van der Waals surface area contributed by atoms with Crippen LogP contribution in [0.2, 0.25) is 92.5 Å². The fraction of sp³-hybridized carbons (Fsp3) is 1.00. The van der Waals surface area contributed by atoms with Gasteiger partial charge in [-0.2, -0.15) is 11.8 Å². The number of likely N-dealkylation sites (N-methyl/N-ethyl adjacent to an activating group) is 1. The quantitative estimate of drug-likeness (QED) is 0.139. The summed E-state index contributed by atoms with van der Waals surface area (Å²) in [7, 11) is 4.82. The Hall–Kier alpha value is 0.239. The molecule has 0 amide bonds. The van der Waals surface area contributed by atoms with Gasteiger partial charge in [0.2, 0.25) is 0 Å². The molecule has 0 aromatic rings. The molecule has 5 aliphatic carbocycles. The summed E-state index contributed by atoms with van der Waals surface area (Å²) in [6, 6.07) is 0. The standard InChI is InChI=1S/C13H27BN2O2.C13H25BO2.C13H23B.C10H22BNO2.C9H19BO2S.C9H17B.C7H15BO2.C7H17BO2.C5H13BO2.CH5BO2/c1-14(17-12-4-8-15(2)9-5-12)18-13-6-10-16(3)11-7-13;1-14(15-12-8-4-2-5-9-12)16-13-10-6-3-7-11-13;1-12(2)9-5-10-7-14(4)8-13(10,3)11(12)6-9;1-9(2)7-12(6)8-10(3,4)14-11(5)13-9;1-8(2)6-13-7-9(3,4)12-10(5)11-8;1-10-8-4-2-5-9(10)7-3-6-8;1-6(2)7(3,4)10-8(5)9-6;1-6(2)9-8(5)10-7(3)4;1-4-7-6(3)8-5-2;1-2(3)4/h12-13H,4-11H2,1-3H3;12-13H,2-11H2,1H3;9-11H,5-8H2,1-4H3;7-8H2,1-6H3;6-7H2,1-5H3;8-9H,2-7H2,1H3;1-5H3;6-7H,1-5H3;4-5H2,1-3H3;3-4H,1H3. The molecule has 8 aliphatic heterocycles. The van der Waals surface area contributed by atoms with Crippen molar-refractivity contribution >= 4 is 82.1 Å². The molecule has 2 N–H and O–H groups in total. The minimum Gasteiger partial charge on any atom is -0.427 e. The van der Waals surface area contributed by atoms with Crippen molar-refractivity contribution in [2.75, 3.05) is 85.1 Å². The number of hydrogen-bond donors (Lipinski definition) is 2. The van der Waals surface area contributed by atoms with E-state index < -0.39 is 7.12 Å². The molecule has 0 radical (unpaired) electrons. The van der Waals surface area contributed by atoms with E-state index in [0.29, 0.717) is 29.8 Å². The molecule has 8 heterocycles. The van der Waals surface area contributed by atoms with Crippen LogP contribution in [-0.2, 0) is 65.2 Å². The Morgan fingerprint density at radius 3 is 1.06 bits per heavy atom. The van der Waals surface area contributed by atoms with E-state index in [9.17, 15) is 0 Å². The van der Waals surface area contributed by atoms with Gasteiger partial charge < -0.3 is 89.9 Å². The average molecular weight is 1670 g/mol. The molecule has 13 fully saturated rings. The summed E-state index contributed by atoms with van der Waals surface area (Å²) in [5.74, 6) is 7.49. The number of nitrogens with zero attached hydrogens (tertiary/aromatic N) is 3. The van der Waals surface area contributed by atoms with Gasteiger partial charge in [-0.25, -0.2) is 0 Å². The van der Waals surface area contributed by atoms with Crippen LogP contribution in [0.3, 0.4) is 0 Å². The summed E-state index contributed by atoms with van der Waals surface area (Å²) in [6.07, 6.45) is 35.1. The van der Waals surface area contributed by atoms with Gasteiger partial charge in [-0.15, -0.1) is 0 Å². The molecule has 0 aromatic heterocycles. The first-order chi connectivity index (χ1) is 54.2. The number of hydrogen-bond acceptors (Lipinski definition) is 20. The molecule has 678 valence electrons. The molecule has 0 spiro atoms. The van der Waals surface area contributed by atoms with Crippen molar-refractivity contribution in [1.29, 1.82) is 0 Å². The lowest BCUT2D eigenvalue weighted by Crippen LogP contribution is -2.58. The zero-order chi connectivity index (χ0) is 88.5. The SMILES string of the molecule is CB(O)O.CB(OC(C)C)OC(C)C.CB(OC1CCCCC1)OC1CCCCC1.CB(OC1CCN(C)CC1)OC1CCN(C)CC1.CB1C2CCCC1CCC2.CB1CC2CC3CC(C3(C)C)C2(C)C1.CB1OC(C)(C)C(C)(C)O1.CB1OC(C)(C)CN(C)CC(C)(C)O1.CB1OC(C)(C)CSCC(C)(C)O1.CCOB(C)OCC. The smallest absolute Gasteiger partial charge is 0.427 e. The van der Waals surface area contributed by atoms with Gasteiger partial charge in [-0.1, -0.05) is 136 Å². The molecule has 117 heavy (non-hydrogen) atoms. The average Bonchev–Trinajstić information content (AvgIpc) is 1.65. The number of fused-ring (bicyclic) bond motifs is 2. The van der Waals surface area contributed by atoms with E-state index in [1.807, 2.05) is 87.4 Å². The van der Waals surface area contributed by atoms with Gasteiger partial charge in [-0.05, 0) is 293 Å². The maximum Gasteiger partial charge on any atom is 0.454 e. The summed E-state index contributed by atoms with van der Waals surface area (Å²) in [5.41, 5.74) is 0.669. The summed E-state index contributed by atoms with van der Waals surface area (Å²) < 4.78 is 79.0. The molecule has 4 bridgehead atoms. The van der Waals surface area contributed by atoms with Crippen molar-refractivity contribution in [3.63, 3.8) is 0 Å². The van der Waals surface area contributed by atoms with Crippen LogP contribution in [0, 0.1) is 28.6 Å². The third-order valence-corrected chi connectivity index (χ3v) is 28.0. The van der Waals surface area contributed by atoms with Crippen LogP contribution >= 0.6 is 11.8 Å². The highest BCUT2D eigenvalue weighted by atomic mass is 32.2. The maximum absolute atomic E-state index is 7.61. The first-order valence-electron chi connectivity index (χ1n) is 47.4. The summed E-state index contributed by atoms with van der Waals surface area (Å²) >= 11 is 1.89. The van der Waals surface area contributed by atoms with Gasteiger partial charge in [0.25, 0.3) is 0 Å². The molecule has 13 rings (SSSR count). The van der Waals surface area contributed by atoms with E-state index in [1.54, 1.807) is 12.8 Å². The Labute approximate surface area is 730 Å². The lowest BCUT2D eigenvalue weighted by Gasteiger charge is -2.66. The van der Waals surface area contributed by atoms with Crippen LogP contribution in [0.1, 0.15) is 287 Å². The Morgan fingerprint density at radius 1 is 0.419 bits per heavy atom. The Bertz CT molecular complexity index is 2420. The Balaban J connectivity index is 0.000000341. The predicted molar refractivity (Wildman–Crippen MR) is 508 cm³/mol. The van der Waals surface area contributed by atoms with E-state index in [2.05, 4.69) is 167 Å². The molecule has 4 unspecified atom stereocenters. The van der Waals surface area contributed by atoms with Crippen LogP contribution in [0.5, 0.6) is 0 Å². The van der Waals surface area contributed by atoms with Crippen molar-refractivity contribution in [1.82, 2.24) is 14.7 Å². The zero-order valence-electron chi connectivity index (χ0n) is 82.5. The number of rotatable bonds is 16. The highest BCUT2D eigenvalue weighted by Crippen LogP contribution is 2.72. The monoisotopic (exact) mass is 1670 g/mol. The predicted octanol–water partition coefficient (Wildman–Crippen LogP) is 20.2. The number of likely N-dealkylation sites (tertiary alicyclic amines) is 2. The molecule has 5 saturated carbocycles. The third-order valence-electron chi connectivity index (χ3n) is 26.2. The zero-order valence-corrected chi connectivity index (χ0v) is 83.3. The van der Waals surface area contributed by atoms with Crippen molar-refractivity contribution in [3.05, 3.63) is 0 Å². The fourth-order valence-electron chi connectivity index (χ4n) is 20.6. The van der Waals surface area contributed by atoms with E-state index in [1.165, 1.54) is 122 Å². The Morgan fingerprint density at radius 2 is 0.752 bits per heavy atom. The normalized spacial score (nSPS) is 27.9. The van der Waals surface area contributed by atoms with Crippen LogP contribution in [0.25, 0.3) is 0 Å². The van der Waals surface area contributed by atoms with E-state index in [-0.39, 0.29) is 95.6 Å². The van der Waals surface area contributed by atoms with Crippen LogP contribution in [0.15, 0.2) is 0 Å². The van der Waals surface area contributed by atoms with E-state index in [4.69, 9.17) is 75.2 Å². The molecule has 13 aliphatic rings. The van der Waals surface area contributed by atoms with Crippen LogP contribution < -0.4 is 0 Å². The van der Waals surface area contributed by atoms with E-state index in [0.717, 1.165) is 138 Å². The lowest BCUT2D eigenvalue weighted by atomic mass is 9.29. The lowest BCUT2D eigenvalue weighted by molar-refractivity contribution is -0.165. The van der Waals surface area contributed by atoms with Crippen molar-refractivity contribution in [2.45, 2.75) is 449 Å². The summed E-state index contributed by atoms with van der Waals surface area (Å²) in [6.45, 7) is 74.6. The van der Waals surface area contributed by atoms with Crippen molar-refractivity contribution < 1.29 is 75.2 Å². The molecule has 8 saturated heterocycles. The number of thioether (sulfide) groups is 1. The van der Waals surface area contributed by atoms with Gasteiger partial charge >= 0.3 is 56.9 Å². The summed E-state index contributed by atoms with van der Waals surface area (Å²) in [4.78, 5) is 6.98. The second kappa shape index (κ2) is 53.9. The van der Waals surface area contributed by atoms with E-state index >= 15 is 0 Å². The highest BCUT2D eigenvalue weighted by molar-refractivity contribution is 7.99.